The fourth-order valence-electron chi connectivity index (χ4n) is 1.85. The van der Waals surface area contributed by atoms with Crippen molar-refractivity contribution in [2.75, 3.05) is 13.2 Å². The summed E-state index contributed by atoms with van der Waals surface area (Å²) in [6, 6.07) is 4.75. The van der Waals surface area contributed by atoms with Crippen LogP contribution < -0.4 is 0 Å². The number of benzene rings is 1. The lowest BCUT2D eigenvalue weighted by Crippen LogP contribution is -2.35. The number of carbonyl (C=O) groups excluding carboxylic acids is 3. The number of carbonyl (C=O) groups is 3. The average molecular weight is 361 g/mol. The van der Waals surface area contributed by atoms with E-state index in [1.165, 1.54) is 6.07 Å². The monoisotopic (exact) mass is 359 g/mol. The number of imide groups is 1. The SMILES string of the molecule is O=C(OCC(=O)N1CCCC1=O)c1cc(Br)ccc1Cl. The third kappa shape index (κ3) is 3.37. The van der Waals surface area contributed by atoms with Gasteiger partial charge in [0.15, 0.2) is 6.61 Å². The molecule has 0 N–H and O–H groups in total. The van der Waals surface area contributed by atoms with Crippen LogP contribution in [-0.4, -0.2) is 35.8 Å². The number of halogens is 2. The predicted molar refractivity (Wildman–Crippen MR) is 75.4 cm³/mol. The minimum absolute atomic E-state index is 0.168. The molecule has 0 saturated carbocycles. The van der Waals surface area contributed by atoms with Crippen molar-refractivity contribution in [3.63, 3.8) is 0 Å². The molecule has 0 aromatic heterocycles. The second-order valence-electron chi connectivity index (χ2n) is 4.24. The number of esters is 1. The van der Waals surface area contributed by atoms with Gasteiger partial charge < -0.3 is 4.74 Å². The van der Waals surface area contributed by atoms with Gasteiger partial charge >= 0.3 is 5.97 Å². The van der Waals surface area contributed by atoms with E-state index in [9.17, 15) is 14.4 Å². The second-order valence-corrected chi connectivity index (χ2v) is 5.57. The molecule has 1 aromatic carbocycles. The summed E-state index contributed by atoms with van der Waals surface area (Å²) in [6.45, 7) is -0.0831. The molecule has 2 rings (SSSR count). The van der Waals surface area contributed by atoms with Gasteiger partial charge in [-0.15, -0.1) is 0 Å². The smallest absolute Gasteiger partial charge is 0.340 e. The molecule has 0 unspecified atom stereocenters. The molecule has 0 bridgehead atoms. The maximum atomic E-state index is 11.8. The van der Waals surface area contributed by atoms with Gasteiger partial charge in [-0.3, -0.25) is 14.5 Å². The first-order valence-electron chi connectivity index (χ1n) is 5.94. The molecule has 0 atom stereocenters. The molecule has 0 aliphatic carbocycles. The maximum Gasteiger partial charge on any atom is 0.340 e. The summed E-state index contributed by atoms with van der Waals surface area (Å²) in [5.74, 6) is -1.44. The first-order chi connectivity index (χ1) is 9.49. The molecular formula is C13H11BrClNO4. The zero-order valence-electron chi connectivity index (χ0n) is 10.4. The quantitative estimate of drug-likeness (QED) is 0.777. The van der Waals surface area contributed by atoms with E-state index in [1.807, 2.05) is 0 Å². The Kier molecular flexibility index (Phi) is 4.77. The second kappa shape index (κ2) is 6.37. The van der Waals surface area contributed by atoms with E-state index < -0.39 is 18.5 Å². The van der Waals surface area contributed by atoms with Crippen LogP contribution in [0.2, 0.25) is 5.02 Å². The molecule has 2 amide bonds. The molecule has 5 nitrogen and oxygen atoms in total. The summed E-state index contributed by atoms with van der Waals surface area (Å²) in [5.41, 5.74) is 0.168. The molecule has 1 aliphatic heterocycles. The molecular weight excluding hydrogens is 350 g/mol. The van der Waals surface area contributed by atoms with Crippen LogP contribution in [0, 0.1) is 0 Å². The summed E-state index contributed by atoms with van der Waals surface area (Å²) < 4.78 is 5.57. The van der Waals surface area contributed by atoms with Crippen molar-refractivity contribution in [1.29, 1.82) is 0 Å². The van der Waals surface area contributed by atoms with E-state index in [2.05, 4.69) is 15.9 Å². The minimum Gasteiger partial charge on any atom is -0.452 e. The van der Waals surface area contributed by atoms with Gasteiger partial charge in [0.1, 0.15) is 0 Å². The minimum atomic E-state index is -0.698. The molecule has 0 radical (unpaired) electrons. The highest BCUT2D eigenvalue weighted by molar-refractivity contribution is 9.10. The Bertz CT molecular complexity index is 575. The number of hydrogen-bond acceptors (Lipinski definition) is 4. The van der Waals surface area contributed by atoms with Crippen molar-refractivity contribution in [3.8, 4) is 0 Å². The summed E-state index contributed by atoms with van der Waals surface area (Å²) in [7, 11) is 0. The molecule has 1 saturated heterocycles. The first kappa shape index (κ1) is 15.0. The van der Waals surface area contributed by atoms with Gasteiger partial charge in [0.05, 0.1) is 10.6 Å². The molecule has 0 spiro atoms. The van der Waals surface area contributed by atoms with Crippen LogP contribution in [0.4, 0.5) is 0 Å². The highest BCUT2D eigenvalue weighted by atomic mass is 79.9. The fraction of sp³-hybridized carbons (Fsp3) is 0.308. The number of likely N-dealkylation sites (tertiary alicyclic amines) is 1. The van der Waals surface area contributed by atoms with Gasteiger partial charge in [0.2, 0.25) is 5.91 Å². The van der Waals surface area contributed by atoms with E-state index in [4.69, 9.17) is 16.3 Å². The highest BCUT2D eigenvalue weighted by Crippen LogP contribution is 2.21. The van der Waals surface area contributed by atoms with Gasteiger partial charge in [-0.05, 0) is 24.6 Å². The van der Waals surface area contributed by atoms with Crippen molar-refractivity contribution in [2.24, 2.45) is 0 Å². The number of rotatable bonds is 3. The molecule has 1 aliphatic rings. The van der Waals surface area contributed by atoms with Crippen molar-refractivity contribution < 1.29 is 19.1 Å². The lowest BCUT2D eigenvalue weighted by molar-refractivity contribution is -0.143. The molecule has 106 valence electrons. The Morgan fingerprint density at radius 2 is 2.15 bits per heavy atom. The highest BCUT2D eigenvalue weighted by Gasteiger charge is 2.27. The average Bonchev–Trinajstić information content (AvgIpc) is 2.84. The molecule has 1 fully saturated rings. The van der Waals surface area contributed by atoms with Crippen LogP contribution >= 0.6 is 27.5 Å². The van der Waals surface area contributed by atoms with Crippen LogP contribution in [0.1, 0.15) is 23.2 Å². The Morgan fingerprint density at radius 3 is 2.80 bits per heavy atom. The molecule has 20 heavy (non-hydrogen) atoms. The molecule has 1 aromatic rings. The van der Waals surface area contributed by atoms with Gasteiger partial charge in [0, 0.05) is 17.4 Å². The third-order valence-corrected chi connectivity index (χ3v) is 3.67. The van der Waals surface area contributed by atoms with Crippen molar-refractivity contribution in [1.82, 2.24) is 4.90 Å². The summed E-state index contributed by atoms with van der Waals surface area (Å²) in [5, 5.41) is 0.239. The number of hydrogen-bond donors (Lipinski definition) is 0. The molecule has 1 heterocycles. The van der Waals surface area contributed by atoms with E-state index in [0.717, 1.165) is 4.90 Å². The lowest BCUT2D eigenvalue weighted by atomic mass is 10.2. The summed E-state index contributed by atoms with van der Waals surface area (Å²) >= 11 is 9.11. The van der Waals surface area contributed by atoms with E-state index in [1.54, 1.807) is 12.1 Å². The normalized spacial score (nSPS) is 14.5. The van der Waals surface area contributed by atoms with Crippen molar-refractivity contribution in [2.45, 2.75) is 12.8 Å². The van der Waals surface area contributed by atoms with Gasteiger partial charge in [-0.25, -0.2) is 4.79 Å². The zero-order chi connectivity index (χ0) is 14.7. The lowest BCUT2D eigenvalue weighted by Gasteiger charge is -2.13. The number of nitrogens with zero attached hydrogens (tertiary/aromatic N) is 1. The van der Waals surface area contributed by atoms with Crippen LogP contribution in [0.15, 0.2) is 22.7 Å². The van der Waals surface area contributed by atoms with Crippen molar-refractivity contribution in [3.05, 3.63) is 33.3 Å². The predicted octanol–water partition coefficient (Wildman–Crippen LogP) is 2.41. The Balaban J connectivity index is 1.97. The van der Waals surface area contributed by atoms with Crippen molar-refractivity contribution >= 4 is 45.3 Å². The van der Waals surface area contributed by atoms with Crippen LogP contribution in [0.3, 0.4) is 0 Å². The zero-order valence-corrected chi connectivity index (χ0v) is 12.7. The first-order valence-corrected chi connectivity index (χ1v) is 7.11. The summed E-state index contributed by atoms with van der Waals surface area (Å²) in [4.78, 5) is 36.0. The van der Waals surface area contributed by atoms with Gasteiger partial charge in [0.25, 0.3) is 5.91 Å². The van der Waals surface area contributed by atoms with Crippen LogP contribution in [-0.2, 0) is 14.3 Å². The number of ether oxygens (including phenoxy) is 1. The van der Waals surface area contributed by atoms with Gasteiger partial charge in [-0.2, -0.15) is 0 Å². The maximum absolute atomic E-state index is 11.8. The topological polar surface area (TPSA) is 63.7 Å². The third-order valence-electron chi connectivity index (χ3n) is 2.85. The van der Waals surface area contributed by atoms with Gasteiger partial charge in [-0.1, -0.05) is 27.5 Å². The van der Waals surface area contributed by atoms with Crippen LogP contribution in [0.5, 0.6) is 0 Å². The standard InChI is InChI=1S/C13H11BrClNO4/c14-8-3-4-10(15)9(6-8)13(19)20-7-12(18)16-5-1-2-11(16)17/h3-4,6H,1-2,5,7H2. The Morgan fingerprint density at radius 1 is 1.40 bits per heavy atom. The Labute approximate surface area is 129 Å². The van der Waals surface area contributed by atoms with E-state index in [-0.39, 0.29) is 16.5 Å². The Hall–Kier alpha value is -1.40. The van der Waals surface area contributed by atoms with E-state index in [0.29, 0.717) is 23.9 Å². The molecule has 7 heteroatoms. The van der Waals surface area contributed by atoms with E-state index >= 15 is 0 Å². The number of amides is 2. The summed E-state index contributed by atoms with van der Waals surface area (Å²) in [6.07, 6.45) is 1.01. The fourth-order valence-corrected chi connectivity index (χ4v) is 2.40. The van der Waals surface area contributed by atoms with Crippen LogP contribution in [0.25, 0.3) is 0 Å². The largest absolute Gasteiger partial charge is 0.452 e.